The predicted molar refractivity (Wildman–Crippen MR) is 68.4 cm³/mol. The third-order valence-corrected chi connectivity index (χ3v) is 2.37. The predicted octanol–water partition coefficient (Wildman–Crippen LogP) is 2.06. The van der Waals surface area contributed by atoms with E-state index in [2.05, 4.69) is 16.6 Å². The first-order valence-electron chi connectivity index (χ1n) is 5.54. The standard InChI is InChI=1S/C13H13FN2O3/c1-3-9(4-2)15-13(19)16-11-6-5-8(14)7-10(11)12(17)18/h1,5-7,9H,4H2,2H3,(H,17,18)(H2,15,16,19). The maximum atomic E-state index is 12.9. The molecule has 0 aromatic heterocycles. The van der Waals surface area contributed by atoms with Crippen LogP contribution in [-0.4, -0.2) is 23.1 Å². The van der Waals surface area contributed by atoms with Gasteiger partial charge in [-0.25, -0.2) is 14.0 Å². The third kappa shape index (κ3) is 4.00. The molecule has 6 heteroatoms. The van der Waals surface area contributed by atoms with Gasteiger partial charge in [-0.1, -0.05) is 12.8 Å². The molecule has 0 heterocycles. The van der Waals surface area contributed by atoms with E-state index in [0.29, 0.717) is 6.42 Å². The summed E-state index contributed by atoms with van der Waals surface area (Å²) < 4.78 is 12.9. The largest absolute Gasteiger partial charge is 0.478 e. The summed E-state index contributed by atoms with van der Waals surface area (Å²) in [6.45, 7) is 1.80. The summed E-state index contributed by atoms with van der Waals surface area (Å²) in [5.41, 5.74) is -0.331. The summed E-state index contributed by atoms with van der Waals surface area (Å²) in [7, 11) is 0. The molecule has 1 aromatic rings. The molecule has 100 valence electrons. The highest BCUT2D eigenvalue weighted by Gasteiger charge is 2.14. The number of carboxylic acid groups (broad SMARTS) is 1. The Labute approximate surface area is 109 Å². The van der Waals surface area contributed by atoms with Crippen LogP contribution in [0.25, 0.3) is 0 Å². The van der Waals surface area contributed by atoms with Crippen LogP contribution in [0.4, 0.5) is 14.9 Å². The Morgan fingerprint density at radius 3 is 2.74 bits per heavy atom. The van der Waals surface area contributed by atoms with Crippen molar-refractivity contribution in [1.29, 1.82) is 0 Å². The van der Waals surface area contributed by atoms with Crippen molar-refractivity contribution in [1.82, 2.24) is 5.32 Å². The normalized spacial score (nSPS) is 11.2. The molecule has 1 unspecified atom stereocenters. The van der Waals surface area contributed by atoms with Gasteiger partial charge in [-0.15, -0.1) is 6.42 Å². The number of carbonyl (C=O) groups excluding carboxylic acids is 1. The number of hydrogen-bond acceptors (Lipinski definition) is 2. The van der Waals surface area contributed by atoms with Crippen molar-refractivity contribution in [3.63, 3.8) is 0 Å². The maximum absolute atomic E-state index is 12.9. The van der Waals surface area contributed by atoms with Gasteiger partial charge in [-0.3, -0.25) is 0 Å². The molecule has 1 rings (SSSR count). The number of carboxylic acids is 1. The fourth-order valence-electron chi connectivity index (χ4n) is 1.38. The fraction of sp³-hybridized carbons (Fsp3) is 0.231. The van der Waals surface area contributed by atoms with Gasteiger partial charge in [-0.2, -0.15) is 0 Å². The lowest BCUT2D eigenvalue weighted by Gasteiger charge is -2.13. The van der Waals surface area contributed by atoms with Crippen LogP contribution in [-0.2, 0) is 0 Å². The Balaban J connectivity index is 2.85. The second-order valence-corrected chi connectivity index (χ2v) is 3.72. The van der Waals surface area contributed by atoms with Gasteiger partial charge in [0.1, 0.15) is 5.82 Å². The molecule has 5 nitrogen and oxygen atoms in total. The SMILES string of the molecule is C#CC(CC)NC(=O)Nc1ccc(F)cc1C(=O)O. The molecular formula is C13H13FN2O3. The van der Waals surface area contributed by atoms with E-state index in [-0.39, 0.29) is 11.3 Å². The van der Waals surface area contributed by atoms with Gasteiger partial charge in [0.2, 0.25) is 0 Å². The summed E-state index contributed by atoms with van der Waals surface area (Å²) >= 11 is 0. The van der Waals surface area contributed by atoms with Crippen LogP contribution < -0.4 is 10.6 Å². The minimum absolute atomic E-state index is 0.00160. The van der Waals surface area contributed by atoms with Gasteiger partial charge >= 0.3 is 12.0 Å². The van der Waals surface area contributed by atoms with Gasteiger partial charge in [0.25, 0.3) is 0 Å². The summed E-state index contributed by atoms with van der Waals surface area (Å²) in [5, 5.41) is 13.7. The van der Waals surface area contributed by atoms with Crippen molar-refractivity contribution >= 4 is 17.7 Å². The Kier molecular flexibility index (Phi) is 4.89. The first-order valence-corrected chi connectivity index (χ1v) is 5.54. The zero-order chi connectivity index (χ0) is 14.4. The quantitative estimate of drug-likeness (QED) is 0.728. The molecule has 0 fully saturated rings. The van der Waals surface area contributed by atoms with Gasteiger partial charge < -0.3 is 15.7 Å². The van der Waals surface area contributed by atoms with Crippen LogP contribution in [0.3, 0.4) is 0 Å². The van der Waals surface area contributed by atoms with E-state index in [1.165, 1.54) is 6.07 Å². The number of urea groups is 1. The number of nitrogens with one attached hydrogen (secondary N) is 2. The molecular weight excluding hydrogens is 251 g/mol. The third-order valence-electron chi connectivity index (χ3n) is 2.37. The Morgan fingerprint density at radius 1 is 1.53 bits per heavy atom. The first kappa shape index (κ1) is 14.5. The minimum Gasteiger partial charge on any atom is -0.478 e. The van der Waals surface area contributed by atoms with Gasteiger partial charge in [-0.05, 0) is 24.6 Å². The van der Waals surface area contributed by atoms with Gasteiger partial charge in [0.15, 0.2) is 0 Å². The van der Waals surface area contributed by atoms with Crippen molar-refractivity contribution in [3.8, 4) is 12.3 Å². The second kappa shape index (κ2) is 6.40. The maximum Gasteiger partial charge on any atom is 0.337 e. The molecule has 0 bridgehead atoms. The van der Waals surface area contributed by atoms with Gasteiger partial charge in [0.05, 0.1) is 17.3 Å². The van der Waals surface area contributed by atoms with Crippen LogP contribution in [0.2, 0.25) is 0 Å². The number of aromatic carboxylic acids is 1. The molecule has 2 amide bonds. The number of hydrogen-bond donors (Lipinski definition) is 3. The number of terminal acetylenes is 1. The molecule has 0 radical (unpaired) electrons. The molecule has 19 heavy (non-hydrogen) atoms. The highest BCUT2D eigenvalue weighted by Crippen LogP contribution is 2.17. The zero-order valence-electron chi connectivity index (χ0n) is 10.2. The number of benzene rings is 1. The summed E-state index contributed by atoms with van der Waals surface area (Å²) in [6.07, 6.45) is 5.73. The minimum atomic E-state index is -1.33. The van der Waals surface area contributed by atoms with E-state index >= 15 is 0 Å². The molecule has 0 saturated carbocycles. The number of amides is 2. The number of rotatable bonds is 4. The molecule has 3 N–H and O–H groups in total. The molecule has 0 aliphatic carbocycles. The Bertz CT molecular complexity index is 537. The van der Waals surface area contributed by atoms with Crippen LogP contribution in [0, 0.1) is 18.2 Å². The summed E-state index contributed by atoms with van der Waals surface area (Å²) in [4.78, 5) is 22.5. The fourth-order valence-corrected chi connectivity index (χ4v) is 1.38. The average Bonchev–Trinajstić information content (AvgIpc) is 2.37. The highest BCUT2D eigenvalue weighted by molar-refractivity contribution is 6.00. The van der Waals surface area contributed by atoms with Crippen molar-refractivity contribution < 1.29 is 19.1 Å². The molecule has 0 aliphatic rings. The van der Waals surface area contributed by atoms with Crippen LogP contribution in [0.1, 0.15) is 23.7 Å². The Hall–Kier alpha value is -2.55. The monoisotopic (exact) mass is 264 g/mol. The molecule has 1 aromatic carbocycles. The number of carbonyl (C=O) groups is 2. The van der Waals surface area contributed by atoms with E-state index in [9.17, 15) is 14.0 Å². The topological polar surface area (TPSA) is 78.4 Å². The van der Waals surface area contributed by atoms with E-state index in [4.69, 9.17) is 11.5 Å². The highest BCUT2D eigenvalue weighted by atomic mass is 19.1. The van der Waals surface area contributed by atoms with Crippen LogP contribution in [0.5, 0.6) is 0 Å². The number of anilines is 1. The van der Waals surface area contributed by atoms with Crippen molar-refractivity contribution in [3.05, 3.63) is 29.6 Å². The van der Waals surface area contributed by atoms with E-state index < -0.39 is 23.9 Å². The lowest BCUT2D eigenvalue weighted by atomic mass is 10.1. The van der Waals surface area contributed by atoms with Crippen molar-refractivity contribution in [2.75, 3.05) is 5.32 Å². The second-order valence-electron chi connectivity index (χ2n) is 3.72. The lowest BCUT2D eigenvalue weighted by Crippen LogP contribution is -2.36. The number of halogens is 1. The Morgan fingerprint density at radius 2 is 2.21 bits per heavy atom. The summed E-state index contributed by atoms with van der Waals surface area (Å²) in [6, 6.07) is 1.97. The molecule has 0 aliphatic heterocycles. The van der Waals surface area contributed by atoms with Crippen LogP contribution >= 0.6 is 0 Å². The lowest BCUT2D eigenvalue weighted by molar-refractivity contribution is 0.0697. The molecule has 0 saturated heterocycles. The van der Waals surface area contributed by atoms with E-state index in [1.807, 2.05) is 0 Å². The molecule has 0 spiro atoms. The van der Waals surface area contributed by atoms with E-state index in [0.717, 1.165) is 12.1 Å². The summed E-state index contributed by atoms with van der Waals surface area (Å²) in [5.74, 6) is 0.336. The zero-order valence-corrected chi connectivity index (χ0v) is 10.2. The van der Waals surface area contributed by atoms with Crippen molar-refractivity contribution in [2.45, 2.75) is 19.4 Å². The van der Waals surface area contributed by atoms with Gasteiger partial charge in [0, 0.05) is 0 Å². The van der Waals surface area contributed by atoms with Crippen LogP contribution in [0.15, 0.2) is 18.2 Å². The first-order chi connectivity index (χ1) is 8.97. The van der Waals surface area contributed by atoms with Crippen molar-refractivity contribution in [2.24, 2.45) is 0 Å². The smallest absolute Gasteiger partial charge is 0.337 e. The average molecular weight is 264 g/mol. The van der Waals surface area contributed by atoms with E-state index in [1.54, 1.807) is 6.92 Å². The molecule has 1 atom stereocenters.